The second kappa shape index (κ2) is 4.97. The van der Waals surface area contributed by atoms with Crippen LogP contribution in [0.15, 0.2) is 0 Å². The Bertz CT molecular complexity index is 145. The van der Waals surface area contributed by atoms with Crippen LogP contribution >= 0.6 is 0 Å². The van der Waals surface area contributed by atoms with Gasteiger partial charge in [0.1, 0.15) is 0 Å². The highest BCUT2D eigenvalue weighted by atomic mass is 15.0. The molecule has 1 aliphatic carbocycles. The van der Waals surface area contributed by atoms with E-state index in [1.54, 1.807) is 0 Å². The number of hydrogen-bond donors (Lipinski definition) is 2. The topological polar surface area (TPSA) is 38.0 Å². The van der Waals surface area contributed by atoms with Crippen molar-refractivity contribution in [2.24, 2.45) is 11.7 Å². The molecule has 2 heteroatoms. The molecule has 0 aromatic carbocycles. The van der Waals surface area contributed by atoms with E-state index in [4.69, 9.17) is 5.73 Å². The summed E-state index contributed by atoms with van der Waals surface area (Å²) in [5.41, 5.74) is 6.06. The van der Waals surface area contributed by atoms with Crippen LogP contribution in [-0.4, -0.2) is 18.1 Å². The molecule has 13 heavy (non-hydrogen) atoms. The van der Waals surface area contributed by atoms with E-state index < -0.39 is 0 Å². The second-order valence-electron chi connectivity index (χ2n) is 4.75. The third-order valence-electron chi connectivity index (χ3n) is 3.30. The van der Waals surface area contributed by atoms with Crippen LogP contribution in [-0.2, 0) is 0 Å². The van der Waals surface area contributed by atoms with E-state index in [1.807, 2.05) is 0 Å². The minimum absolute atomic E-state index is 0.384. The molecule has 0 bridgehead atoms. The molecular weight excluding hydrogens is 160 g/mol. The first-order valence-corrected chi connectivity index (χ1v) is 5.63. The summed E-state index contributed by atoms with van der Waals surface area (Å²) in [7, 11) is 0. The molecule has 1 saturated carbocycles. The molecular formula is C11H24N2. The lowest BCUT2D eigenvalue weighted by Crippen LogP contribution is -2.51. The highest BCUT2D eigenvalue weighted by Crippen LogP contribution is 2.18. The van der Waals surface area contributed by atoms with Crippen molar-refractivity contribution in [1.29, 1.82) is 0 Å². The average Bonchev–Trinajstić information content (AvgIpc) is 2.08. The standard InChI is InChI=1S/C11H24N2/c1-8(2)9(3)13-11-7-5-4-6-10(11)12/h8-11,13H,4-7,12H2,1-3H3/t9?,10-,11-/m1/s1. The minimum atomic E-state index is 0.384. The van der Waals surface area contributed by atoms with Gasteiger partial charge in [-0.05, 0) is 25.7 Å². The molecule has 1 fully saturated rings. The van der Waals surface area contributed by atoms with E-state index in [0.29, 0.717) is 24.0 Å². The summed E-state index contributed by atoms with van der Waals surface area (Å²) >= 11 is 0. The fraction of sp³-hybridized carbons (Fsp3) is 1.00. The zero-order chi connectivity index (χ0) is 9.84. The van der Waals surface area contributed by atoms with Crippen LogP contribution in [0.1, 0.15) is 46.5 Å². The molecule has 1 rings (SSSR count). The van der Waals surface area contributed by atoms with Gasteiger partial charge in [-0.2, -0.15) is 0 Å². The zero-order valence-corrected chi connectivity index (χ0v) is 9.22. The Morgan fingerprint density at radius 3 is 2.31 bits per heavy atom. The SMILES string of the molecule is CC(C)C(C)N[C@@H]1CCCC[C@H]1N. The lowest BCUT2D eigenvalue weighted by molar-refractivity contribution is 0.280. The number of hydrogen-bond acceptors (Lipinski definition) is 2. The van der Waals surface area contributed by atoms with E-state index in [9.17, 15) is 0 Å². The summed E-state index contributed by atoms with van der Waals surface area (Å²) in [5, 5.41) is 3.64. The fourth-order valence-corrected chi connectivity index (χ4v) is 1.90. The molecule has 2 nitrogen and oxygen atoms in total. The quantitative estimate of drug-likeness (QED) is 0.703. The first-order valence-electron chi connectivity index (χ1n) is 5.63. The maximum Gasteiger partial charge on any atom is 0.0221 e. The molecule has 0 saturated heterocycles. The highest BCUT2D eigenvalue weighted by Gasteiger charge is 2.23. The van der Waals surface area contributed by atoms with Crippen LogP contribution in [0.5, 0.6) is 0 Å². The van der Waals surface area contributed by atoms with Crippen molar-refractivity contribution < 1.29 is 0 Å². The van der Waals surface area contributed by atoms with Crippen molar-refractivity contribution in [2.45, 2.75) is 64.6 Å². The zero-order valence-electron chi connectivity index (χ0n) is 9.22. The van der Waals surface area contributed by atoms with E-state index in [2.05, 4.69) is 26.1 Å². The van der Waals surface area contributed by atoms with Crippen LogP contribution < -0.4 is 11.1 Å². The van der Waals surface area contributed by atoms with E-state index in [1.165, 1.54) is 25.7 Å². The molecule has 0 aliphatic heterocycles. The summed E-state index contributed by atoms with van der Waals surface area (Å²) in [5.74, 6) is 0.703. The van der Waals surface area contributed by atoms with Crippen molar-refractivity contribution in [3.8, 4) is 0 Å². The van der Waals surface area contributed by atoms with Crippen molar-refractivity contribution >= 4 is 0 Å². The Morgan fingerprint density at radius 2 is 1.77 bits per heavy atom. The third kappa shape index (κ3) is 3.28. The van der Waals surface area contributed by atoms with Gasteiger partial charge in [0.2, 0.25) is 0 Å². The molecule has 0 aromatic rings. The molecule has 0 radical (unpaired) electrons. The highest BCUT2D eigenvalue weighted by molar-refractivity contribution is 4.85. The van der Waals surface area contributed by atoms with E-state index >= 15 is 0 Å². The summed E-state index contributed by atoms with van der Waals surface area (Å²) in [6.07, 6.45) is 5.12. The molecule has 78 valence electrons. The lowest BCUT2D eigenvalue weighted by Gasteiger charge is -2.33. The Hall–Kier alpha value is -0.0800. The van der Waals surface area contributed by atoms with Crippen LogP contribution in [0.25, 0.3) is 0 Å². The van der Waals surface area contributed by atoms with Gasteiger partial charge in [0.25, 0.3) is 0 Å². The largest absolute Gasteiger partial charge is 0.326 e. The van der Waals surface area contributed by atoms with Gasteiger partial charge in [-0.1, -0.05) is 26.7 Å². The minimum Gasteiger partial charge on any atom is -0.326 e. The summed E-state index contributed by atoms with van der Waals surface area (Å²) in [6.45, 7) is 6.77. The van der Waals surface area contributed by atoms with Crippen molar-refractivity contribution in [3.05, 3.63) is 0 Å². The summed E-state index contributed by atoms with van der Waals surface area (Å²) in [6, 6.07) is 1.54. The van der Waals surface area contributed by atoms with Crippen molar-refractivity contribution in [1.82, 2.24) is 5.32 Å². The fourth-order valence-electron chi connectivity index (χ4n) is 1.90. The van der Waals surface area contributed by atoms with Gasteiger partial charge in [-0.3, -0.25) is 0 Å². The van der Waals surface area contributed by atoms with Crippen LogP contribution in [0, 0.1) is 5.92 Å². The molecule has 0 spiro atoms. The average molecular weight is 184 g/mol. The molecule has 1 unspecified atom stereocenters. The maximum absolute atomic E-state index is 6.06. The van der Waals surface area contributed by atoms with E-state index in [0.717, 1.165) is 0 Å². The number of rotatable bonds is 3. The molecule has 0 aromatic heterocycles. The molecule has 0 heterocycles. The van der Waals surface area contributed by atoms with Crippen LogP contribution in [0.3, 0.4) is 0 Å². The lowest BCUT2D eigenvalue weighted by atomic mass is 9.90. The Balaban J connectivity index is 2.33. The molecule has 1 aliphatic rings. The predicted molar refractivity (Wildman–Crippen MR) is 57.7 cm³/mol. The monoisotopic (exact) mass is 184 g/mol. The first-order chi connectivity index (χ1) is 6.11. The van der Waals surface area contributed by atoms with Crippen LogP contribution in [0.4, 0.5) is 0 Å². The van der Waals surface area contributed by atoms with Gasteiger partial charge < -0.3 is 11.1 Å². The Morgan fingerprint density at radius 1 is 1.15 bits per heavy atom. The van der Waals surface area contributed by atoms with Gasteiger partial charge in [-0.25, -0.2) is 0 Å². The number of nitrogens with one attached hydrogen (secondary N) is 1. The normalized spacial score (nSPS) is 32.1. The third-order valence-corrected chi connectivity index (χ3v) is 3.30. The first kappa shape index (κ1) is 11.0. The summed E-state index contributed by atoms with van der Waals surface area (Å²) < 4.78 is 0. The summed E-state index contributed by atoms with van der Waals surface area (Å²) in [4.78, 5) is 0. The smallest absolute Gasteiger partial charge is 0.0221 e. The molecule has 3 N–H and O–H groups in total. The number of nitrogens with two attached hydrogens (primary N) is 1. The Kier molecular flexibility index (Phi) is 4.20. The van der Waals surface area contributed by atoms with Crippen LogP contribution in [0.2, 0.25) is 0 Å². The maximum atomic E-state index is 6.06. The van der Waals surface area contributed by atoms with Gasteiger partial charge in [0, 0.05) is 18.1 Å². The molecule has 3 atom stereocenters. The van der Waals surface area contributed by atoms with E-state index in [-0.39, 0.29) is 0 Å². The molecule has 0 amide bonds. The van der Waals surface area contributed by atoms with Gasteiger partial charge in [0.15, 0.2) is 0 Å². The second-order valence-corrected chi connectivity index (χ2v) is 4.75. The van der Waals surface area contributed by atoms with Crippen molar-refractivity contribution in [3.63, 3.8) is 0 Å². The van der Waals surface area contributed by atoms with Gasteiger partial charge in [0.05, 0.1) is 0 Å². The van der Waals surface area contributed by atoms with Crippen molar-refractivity contribution in [2.75, 3.05) is 0 Å². The Labute approximate surface area is 82.3 Å². The predicted octanol–water partition coefficient (Wildman–Crippen LogP) is 1.89. The van der Waals surface area contributed by atoms with Gasteiger partial charge in [-0.15, -0.1) is 0 Å². The van der Waals surface area contributed by atoms with Gasteiger partial charge >= 0.3 is 0 Å².